The van der Waals surface area contributed by atoms with E-state index in [0.29, 0.717) is 0 Å². The Morgan fingerprint density at radius 1 is 0.509 bits per heavy atom. The topological polar surface area (TPSA) is 43.2 Å². The van der Waals surface area contributed by atoms with E-state index < -0.39 is 5.41 Å². The van der Waals surface area contributed by atoms with Crippen molar-refractivity contribution in [2.75, 3.05) is 4.90 Å². The van der Waals surface area contributed by atoms with Crippen LogP contribution in [0.5, 0.6) is 11.5 Å². The second-order valence-corrected chi connectivity index (χ2v) is 14.8. The number of para-hydroxylation sites is 5. The molecule has 248 valence electrons. The van der Waals surface area contributed by atoms with E-state index in [2.05, 4.69) is 167 Å². The van der Waals surface area contributed by atoms with E-state index in [-0.39, 0.29) is 0 Å². The summed E-state index contributed by atoms with van der Waals surface area (Å²) >= 11 is 1.81. The van der Waals surface area contributed by atoms with Crippen LogP contribution >= 0.6 is 11.8 Å². The van der Waals surface area contributed by atoms with Gasteiger partial charge in [-0.25, -0.2) is 0 Å². The van der Waals surface area contributed by atoms with Crippen molar-refractivity contribution in [2.45, 2.75) is 15.2 Å². The molecule has 1 spiro atoms. The van der Waals surface area contributed by atoms with Gasteiger partial charge in [0.1, 0.15) is 11.5 Å². The van der Waals surface area contributed by atoms with Crippen molar-refractivity contribution in [1.29, 1.82) is 0 Å². The van der Waals surface area contributed by atoms with Gasteiger partial charge in [-0.3, -0.25) is 9.97 Å². The summed E-state index contributed by atoms with van der Waals surface area (Å²) in [5.41, 5.74) is 11.9. The molecule has 0 saturated carbocycles. The molecule has 1 aliphatic carbocycles. The fraction of sp³-hybridized carbons (Fsp3) is 0.0213. The quantitative estimate of drug-likeness (QED) is 0.180. The Balaban J connectivity index is 1.22. The van der Waals surface area contributed by atoms with Crippen LogP contribution in [0.4, 0.5) is 17.1 Å². The Labute approximate surface area is 309 Å². The minimum absolute atomic E-state index is 0.793. The molecule has 53 heavy (non-hydrogen) atoms. The van der Waals surface area contributed by atoms with Gasteiger partial charge < -0.3 is 14.2 Å². The molecule has 0 N–H and O–H groups in total. The normalized spacial score (nSPS) is 16.0. The predicted octanol–water partition coefficient (Wildman–Crippen LogP) is 12.0. The molecule has 0 radical (unpaired) electrons. The number of fused-ring (bicyclic) bond motifs is 14. The molecule has 0 bridgehead atoms. The summed E-state index contributed by atoms with van der Waals surface area (Å²) in [6.07, 6.45) is 3.90. The Hall–Kier alpha value is -6.63. The number of aromatic nitrogens is 3. The lowest BCUT2D eigenvalue weighted by Crippen LogP contribution is -2.34. The molecule has 5 nitrogen and oxygen atoms in total. The molecule has 5 heterocycles. The number of ether oxygens (including phenoxy) is 1. The zero-order valence-corrected chi connectivity index (χ0v) is 29.1. The van der Waals surface area contributed by atoms with Crippen molar-refractivity contribution < 1.29 is 4.74 Å². The molecule has 2 aliphatic heterocycles. The van der Waals surface area contributed by atoms with Gasteiger partial charge >= 0.3 is 0 Å². The van der Waals surface area contributed by atoms with Crippen LogP contribution in [-0.2, 0) is 5.41 Å². The minimum atomic E-state index is -0.793. The van der Waals surface area contributed by atoms with Gasteiger partial charge in [0.05, 0.1) is 56.8 Å². The van der Waals surface area contributed by atoms with E-state index in [1.54, 1.807) is 0 Å². The average Bonchev–Trinajstić information content (AvgIpc) is 3.70. The monoisotopic (exact) mass is 696 g/mol. The van der Waals surface area contributed by atoms with Crippen molar-refractivity contribution >= 4 is 50.6 Å². The van der Waals surface area contributed by atoms with E-state index in [9.17, 15) is 0 Å². The zero-order chi connectivity index (χ0) is 34.7. The first kappa shape index (κ1) is 29.0. The Morgan fingerprint density at radius 3 is 1.89 bits per heavy atom. The van der Waals surface area contributed by atoms with Crippen LogP contribution in [0, 0.1) is 0 Å². The molecule has 0 amide bonds. The molecule has 3 aliphatic rings. The molecule has 9 aromatic rings. The first-order valence-electron chi connectivity index (χ1n) is 17.8. The summed E-state index contributed by atoms with van der Waals surface area (Å²) in [6, 6.07) is 56.3. The van der Waals surface area contributed by atoms with Crippen molar-refractivity contribution in [3.05, 3.63) is 192 Å². The molecular weight excluding hydrogens is 669 g/mol. The van der Waals surface area contributed by atoms with E-state index in [1.807, 2.05) is 24.2 Å². The molecule has 3 aromatic heterocycles. The summed E-state index contributed by atoms with van der Waals surface area (Å²) in [7, 11) is 0. The number of pyridine rings is 2. The SMILES string of the molecule is c1ccc2c(c1)Oc1cccc(-n3c4ccccc4c4ccccc43)c1C21c2cccnc2-c2ncc(N3c4ccccc4Sc4ccccc43)cc21. The van der Waals surface area contributed by atoms with E-state index >= 15 is 0 Å². The van der Waals surface area contributed by atoms with Crippen LogP contribution in [0.15, 0.2) is 180 Å². The van der Waals surface area contributed by atoms with Crippen LogP contribution in [0.1, 0.15) is 22.3 Å². The highest BCUT2D eigenvalue weighted by Gasteiger charge is 2.54. The Morgan fingerprint density at radius 2 is 1.11 bits per heavy atom. The van der Waals surface area contributed by atoms with Gasteiger partial charge in [0, 0.05) is 43.5 Å². The molecule has 12 rings (SSSR count). The number of nitrogens with zero attached hydrogens (tertiary/aromatic N) is 4. The number of benzene rings is 6. The third kappa shape index (κ3) is 3.77. The van der Waals surface area contributed by atoms with Gasteiger partial charge in [0.2, 0.25) is 0 Å². The van der Waals surface area contributed by atoms with Gasteiger partial charge in [-0.2, -0.15) is 0 Å². The maximum absolute atomic E-state index is 6.93. The van der Waals surface area contributed by atoms with Crippen LogP contribution in [0.25, 0.3) is 38.9 Å². The van der Waals surface area contributed by atoms with E-state index in [0.717, 1.165) is 78.9 Å². The van der Waals surface area contributed by atoms with Crippen LogP contribution in [0.2, 0.25) is 0 Å². The first-order chi connectivity index (χ1) is 26.3. The molecule has 1 unspecified atom stereocenters. The maximum Gasteiger partial charge on any atom is 0.134 e. The lowest BCUT2D eigenvalue weighted by Gasteiger charge is -2.41. The molecular formula is C47H28N4OS. The fourth-order valence-electron chi connectivity index (χ4n) is 9.10. The lowest BCUT2D eigenvalue weighted by molar-refractivity contribution is 0.435. The minimum Gasteiger partial charge on any atom is -0.457 e. The van der Waals surface area contributed by atoms with Gasteiger partial charge in [-0.15, -0.1) is 0 Å². The predicted molar refractivity (Wildman–Crippen MR) is 213 cm³/mol. The van der Waals surface area contributed by atoms with Crippen LogP contribution in [-0.4, -0.2) is 14.5 Å². The lowest BCUT2D eigenvalue weighted by atomic mass is 9.65. The van der Waals surface area contributed by atoms with Gasteiger partial charge in [0.15, 0.2) is 0 Å². The fourth-order valence-corrected chi connectivity index (χ4v) is 10.2. The smallest absolute Gasteiger partial charge is 0.134 e. The summed E-state index contributed by atoms with van der Waals surface area (Å²) in [6.45, 7) is 0. The zero-order valence-electron chi connectivity index (χ0n) is 28.3. The molecule has 6 aromatic carbocycles. The van der Waals surface area contributed by atoms with Crippen molar-refractivity contribution in [3.63, 3.8) is 0 Å². The highest BCUT2D eigenvalue weighted by molar-refractivity contribution is 7.99. The van der Waals surface area contributed by atoms with E-state index in [1.165, 1.54) is 20.6 Å². The second-order valence-electron chi connectivity index (χ2n) is 13.7. The van der Waals surface area contributed by atoms with E-state index in [4.69, 9.17) is 14.7 Å². The highest BCUT2D eigenvalue weighted by atomic mass is 32.2. The third-order valence-corrected chi connectivity index (χ3v) is 12.2. The van der Waals surface area contributed by atoms with Crippen molar-refractivity contribution in [1.82, 2.24) is 14.5 Å². The molecule has 0 saturated heterocycles. The van der Waals surface area contributed by atoms with Crippen molar-refractivity contribution in [2.24, 2.45) is 0 Å². The second kappa shape index (κ2) is 10.7. The first-order valence-corrected chi connectivity index (χ1v) is 18.6. The highest BCUT2D eigenvalue weighted by Crippen LogP contribution is 2.63. The summed E-state index contributed by atoms with van der Waals surface area (Å²) in [5.74, 6) is 1.65. The van der Waals surface area contributed by atoms with Crippen LogP contribution < -0.4 is 9.64 Å². The number of hydrogen-bond donors (Lipinski definition) is 0. The number of anilines is 3. The maximum atomic E-state index is 6.93. The summed E-state index contributed by atoms with van der Waals surface area (Å²) in [4.78, 5) is 15.2. The molecule has 6 heteroatoms. The number of hydrogen-bond acceptors (Lipinski definition) is 5. The largest absolute Gasteiger partial charge is 0.457 e. The standard InChI is InChI=1S/C47H28N4OS/c1-4-17-35-30(13-1)31-14-2-5-18-36(31)51(35)39-21-11-23-41-44(39)47(32-15-3-8-22-40(32)52-41)33-16-12-26-48-45(33)46-34(47)27-29(28-49-46)50-37-19-6-9-24-42(37)53-43-25-10-7-20-38(43)50/h1-28H. The molecule has 1 atom stereocenters. The summed E-state index contributed by atoms with van der Waals surface area (Å²) in [5, 5.41) is 2.43. The Bertz CT molecular complexity index is 2910. The summed E-state index contributed by atoms with van der Waals surface area (Å²) < 4.78 is 9.35. The van der Waals surface area contributed by atoms with Gasteiger partial charge in [0.25, 0.3) is 0 Å². The molecule has 0 fully saturated rings. The average molecular weight is 697 g/mol. The Kier molecular flexibility index (Phi) is 5.85. The number of rotatable bonds is 2. The van der Waals surface area contributed by atoms with Gasteiger partial charge in [-0.05, 0) is 72.3 Å². The van der Waals surface area contributed by atoms with Crippen molar-refractivity contribution in [3.8, 4) is 28.6 Å². The third-order valence-electron chi connectivity index (χ3n) is 11.1. The van der Waals surface area contributed by atoms with Crippen LogP contribution in [0.3, 0.4) is 0 Å². The van der Waals surface area contributed by atoms with Gasteiger partial charge in [-0.1, -0.05) is 103 Å².